The van der Waals surface area contributed by atoms with Gasteiger partial charge in [-0.2, -0.15) is 5.26 Å². The lowest BCUT2D eigenvalue weighted by Crippen LogP contribution is -2.02. The first kappa shape index (κ1) is 14.2. The van der Waals surface area contributed by atoms with Gasteiger partial charge in [-0.1, -0.05) is 22.9 Å². The topological polar surface area (TPSA) is 54.5 Å². The minimum Gasteiger partial charge on any atom is -0.211 e. The number of nitrogens with zero attached hydrogens (tertiary/aromatic N) is 4. The Bertz CT molecular complexity index is 878. The van der Waals surface area contributed by atoms with Gasteiger partial charge in [-0.3, -0.25) is 0 Å². The molecule has 108 valence electrons. The average molecular weight is 313 g/mol. The number of hydrogen-bond acceptors (Lipinski definition) is 3. The summed E-state index contributed by atoms with van der Waals surface area (Å²) in [4.78, 5) is 0. The summed E-state index contributed by atoms with van der Waals surface area (Å²) >= 11 is 6.15. The van der Waals surface area contributed by atoms with Gasteiger partial charge in [0.1, 0.15) is 17.6 Å². The van der Waals surface area contributed by atoms with Crippen LogP contribution in [0.25, 0.3) is 16.9 Å². The lowest BCUT2D eigenvalue weighted by Gasteiger charge is -2.10. The molecule has 0 saturated heterocycles. The van der Waals surface area contributed by atoms with E-state index in [0.717, 1.165) is 11.3 Å². The molecule has 0 N–H and O–H groups in total. The van der Waals surface area contributed by atoms with Crippen molar-refractivity contribution in [2.45, 2.75) is 6.92 Å². The van der Waals surface area contributed by atoms with Crippen LogP contribution >= 0.6 is 11.6 Å². The molecule has 0 spiro atoms. The van der Waals surface area contributed by atoms with Crippen LogP contribution in [0.3, 0.4) is 0 Å². The van der Waals surface area contributed by atoms with Gasteiger partial charge in [0, 0.05) is 10.6 Å². The van der Waals surface area contributed by atoms with Crippen LogP contribution in [0.15, 0.2) is 42.5 Å². The molecule has 0 bridgehead atoms. The molecule has 4 nitrogen and oxygen atoms in total. The molecule has 2 aromatic carbocycles. The Labute approximate surface area is 131 Å². The Hall–Kier alpha value is -2.71. The van der Waals surface area contributed by atoms with Crippen molar-refractivity contribution in [3.63, 3.8) is 0 Å². The standard InChI is InChI=1S/C16H10ClFN4/c1-10-13(17)3-2-4-15(10)22-16(14(9-19)20-21-22)11-5-7-12(18)8-6-11/h2-8H,1H3. The summed E-state index contributed by atoms with van der Waals surface area (Å²) in [6, 6.07) is 13.3. The predicted molar refractivity (Wildman–Crippen MR) is 81.2 cm³/mol. The summed E-state index contributed by atoms with van der Waals surface area (Å²) in [6.45, 7) is 1.86. The maximum absolute atomic E-state index is 13.1. The van der Waals surface area contributed by atoms with Crippen LogP contribution in [0.5, 0.6) is 0 Å². The van der Waals surface area contributed by atoms with Gasteiger partial charge < -0.3 is 0 Å². The molecule has 22 heavy (non-hydrogen) atoms. The zero-order chi connectivity index (χ0) is 15.7. The van der Waals surface area contributed by atoms with Gasteiger partial charge in [0.15, 0.2) is 5.69 Å². The molecule has 0 amide bonds. The average Bonchev–Trinajstić information content (AvgIpc) is 2.94. The van der Waals surface area contributed by atoms with E-state index in [2.05, 4.69) is 10.3 Å². The minimum absolute atomic E-state index is 0.172. The molecule has 1 aromatic heterocycles. The third-order valence-electron chi connectivity index (χ3n) is 3.36. The second-order valence-corrected chi connectivity index (χ2v) is 5.11. The van der Waals surface area contributed by atoms with E-state index in [0.29, 0.717) is 16.3 Å². The van der Waals surface area contributed by atoms with Crippen LogP contribution in [0.1, 0.15) is 11.3 Å². The van der Waals surface area contributed by atoms with Gasteiger partial charge in [-0.05, 0) is 48.9 Å². The van der Waals surface area contributed by atoms with Gasteiger partial charge in [0.2, 0.25) is 0 Å². The lowest BCUT2D eigenvalue weighted by molar-refractivity contribution is 0.628. The smallest absolute Gasteiger partial charge is 0.191 e. The summed E-state index contributed by atoms with van der Waals surface area (Å²) < 4.78 is 14.7. The maximum Gasteiger partial charge on any atom is 0.191 e. The molecule has 0 aliphatic rings. The van der Waals surface area contributed by atoms with Crippen molar-refractivity contribution in [2.24, 2.45) is 0 Å². The van der Waals surface area contributed by atoms with E-state index < -0.39 is 0 Å². The summed E-state index contributed by atoms with van der Waals surface area (Å²) in [5, 5.41) is 17.8. The van der Waals surface area contributed by atoms with Crippen molar-refractivity contribution in [3.8, 4) is 23.0 Å². The molecule has 3 rings (SSSR count). The Balaban J connectivity index is 2.26. The van der Waals surface area contributed by atoms with Crippen LogP contribution in [0.2, 0.25) is 5.02 Å². The van der Waals surface area contributed by atoms with Crippen molar-refractivity contribution in [2.75, 3.05) is 0 Å². The van der Waals surface area contributed by atoms with Crippen LogP contribution < -0.4 is 0 Å². The van der Waals surface area contributed by atoms with Crippen LogP contribution in [-0.2, 0) is 0 Å². The zero-order valence-electron chi connectivity index (χ0n) is 11.6. The molecule has 0 saturated carbocycles. The summed E-state index contributed by atoms with van der Waals surface area (Å²) in [5.41, 5.74) is 2.88. The molecule has 0 aliphatic heterocycles. The fraction of sp³-hybridized carbons (Fsp3) is 0.0625. The Morgan fingerprint density at radius 1 is 1.18 bits per heavy atom. The molecule has 3 aromatic rings. The molecular weight excluding hydrogens is 303 g/mol. The largest absolute Gasteiger partial charge is 0.211 e. The highest BCUT2D eigenvalue weighted by Gasteiger charge is 2.18. The van der Waals surface area contributed by atoms with Crippen molar-refractivity contribution in [1.29, 1.82) is 5.26 Å². The normalized spacial score (nSPS) is 10.5. The van der Waals surface area contributed by atoms with E-state index in [1.165, 1.54) is 12.1 Å². The van der Waals surface area contributed by atoms with E-state index in [1.807, 2.05) is 19.1 Å². The maximum atomic E-state index is 13.1. The Morgan fingerprint density at radius 2 is 1.91 bits per heavy atom. The fourth-order valence-corrected chi connectivity index (χ4v) is 2.39. The Kier molecular flexibility index (Phi) is 3.61. The first-order valence-electron chi connectivity index (χ1n) is 6.49. The number of halogens is 2. The Morgan fingerprint density at radius 3 is 2.59 bits per heavy atom. The third kappa shape index (κ3) is 2.34. The molecule has 1 heterocycles. The quantitative estimate of drug-likeness (QED) is 0.721. The highest BCUT2D eigenvalue weighted by Crippen LogP contribution is 2.28. The van der Waals surface area contributed by atoms with Gasteiger partial charge in [0.25, 0.3) is 0 Å². The fourth-order valence-electron chi connectivity index (χ4n) is 2.22. The van der Waals surface area contributed by atoms with Gasteiger partial charge in [0.05, 0.1) is 5.69 Å². The van der Waals surface area contributed by atoms with Crippen LogP contribution in [-0.4, -0.2) is 15.0 Å². The van der Waals surface area contributed by atoms with Crippen molar-refractivity contribution < 1.29 is 4.39 Å². The highest BCUT2D eigenvalue weighted by molar-refractivity contribution is 6.31. The minimum atomic E-state index is -0.347. The monoisotopic (exact) mass is 312 g/mol. The van der Waals surface area contributed by atoms with E-state index in [4.69, 9.17) is 11.6 Å². The number of nitriles is 1. The van der Waals surface area contributed by atoms with E-state index >= 15 is 0 Å². The molecule has 0 atom stereocenters. The molecule has 0 fully saturated rings. The second kappa shape index (κ2) is 5.58. The second-order valence-electron chi connectivity index (χ2n) is 4.70. The highest BCUT2D eigenvalue weighted by atomic mass is 35.5. The van der Waals surface area contributed by atoms with E-state index in [9.17, 15) is 9.65 Å². The lowest BCUT2D eigenvalue weighted by atomic mass is 10.1. The number of hydrogen-bond donors (Lipinski definition) is 0. The summed E-state index contributed by atoms with van der Waals surface area (Å²) in [7, 11) is 0. The van der Waals surface area contributed by atoms with Crippen LogP contribution in [0, 0.1) is 24.1 Å². The summed E-state index contributed by atoms with van der Waals surface area (Å²) in [6.07, 6.45) is 0. The number of aromatic nitrogens is 3. The predicted octanol–water partition coefficient (Wildman–Crippen LogP) is 3.91. The third-order valence-corrected chi connectivity index (χ3v) is 3.77. The molecule has 0 unspecified atom stereocenters. The first-order valence-corrected chi connectivity index (χ1v) is 6.87. The molecular formula is C16H10ClFN4. The van der Waals surface area contributed by atoms with Crippen molar-refractivity contribution >= 4 is 11.6 Å². The van der Waals surface area contributed by atoms with E-state index in [1.54, 1.807) is 28.9 Å². The molecule has 0 radical (unpaired) electrons. The first-order chi connectivity index (χ1) is 10.6. The van der Waals surface area contributed by atoms with Crippen molar-refractivity contribution in [3.05, 3.63) is 64.6 Å². The molecule has 6 heteroatoms. The number of benzene rings is 2. The number of rotatable bonds is 2. The van der Waals surface area contributed by atoms with Gasteiger partial charge in [-0.15, -0.1) is 5.10 Å². The molecule has 0 aliphatic carbocycles. The van der Waals surface area contributed by atoms with Gasteiger partial charge in [-0.25, -0.2) is 9.07 Å². The zero-order valence-corrected chi connectivity index (χ0v) is 12.3. The summed E-state index contributed by atoms with van der Waals surface area (Å²) in [5.74, 6) is -0.347. The van der Waals surface area contributed by atoms with Gasteiger partial charge >= 0.3 is 0 Å². The van der Waals surface area contributed by atoms with E-state index in [-0.39, 0.29) is 11.5 Å². The SMILES string of the molecule is Cc1c(Cl)cccc1-n1nnc(C#N)c1-c1ccc(F)cc1. The van der Waals surface area contributed by atoms with Crippen LogP contribution in [0.4, 0.5) is 4.39 Å². The van der Waals surface area contributed by atoms with Crippen molar-refractivity contribution in [1.82, 2.24) is 15.0 Å².